The lowest BCUT2D eigenvalue weighted by atomic mass is 10.2. The summed E-state index contributed by atoms with van der Waals surface area (Å²) in [7, 11) is 0. The van der Waals surface area contributed by atoms with Gasteiger partial charge in [0.15, 0.2) is 0 Å². The number of rotatable bonds is 5. The Hall–Kier alpha value is -2.61. The molecule has 0 unspecified atom stereocenters. The second-order valence-corrected chi connectivity index (χ2v) is 4.99. The van der Waals surface area contributed by atoms with Crippen molar-refractivity contribution in [3.63, 3.8) is 0 Å². The molecule has 1 amide bonds. The van der Waals surface area contributed by atoms with Crippen molar-refractivity contribution in [2.75, 3.05) is 17.2 Å². The number of hydrogen-bond donors (Lipinski definition) is 2. The number of nitrogens with zero attached hydrogens (tertiary/aromatic N) is 2. The quantitative estimate of drug-likeness (QED) is 0.795. The third-order valence-electron chi connectivity index (χ3n) is 2.83. The van der Waals surface area contributed by atoms with Crippen LogP contribution in [-0.4, -0.2) is 22.4 Å². The minimum Gasteiger partial charge on any atom is -0.351 e. The van der Waals surface area contributed by atoms with Crippen molar-refractivity contribution in [3.8, 4) is 0 Å². The van der Waals surface area contributed by atoms with Gasteiger partial charge in [-0.2, -0.15) is 13.2 Å². The molecular formula is C15H12ClF3N4O. The highest BCUT2D eigenvalue weighted by atomic mass is 35.5. The van der Waals surface area contributed by atoms with Crippen molar-refractivity contribution in [1.82, 2.24) is 9.97 Å². The molecule has 0 aliphatic carbocycles. The maximum atomic E-state index is 12.7. The van der Waals surface area contributed by atoms with E-state index >= 15 is 0 Å². The maximum absolute atomic E-state index is 12.7. The molecule has 126 valence electrons. The Morgan fingerprint density at radius 1 is 1.33 bits per heavy atom. The van der Waals surface area contributed by atoms with Crippen LogP contribution in [-0.2, 0) is 6.18 Å². The Balaban J connectivity index is 2.22. The summed E-state index contributed by atoms with van der Waals surface area (Å²) in [5.74, 6) is -0.516. The highest BCUT2D eigenvalue weighted by molar-refractivity contribution is 6.33. The van der Waals surface area contributed by atoms with Crippen molar-refractivity contribution in [2.24, 2.45) is 0 Å². The number of amides is 1. The summed E-state index contributed by atoms with van der Waals surface area (Å²) in [6.07, 6.45) is -1.61. The first-order chi connectivity index (χ1) is 11.3. The Morgan fingerprint density at radius 2 is 2.08 bits per heavy atom. The minimum atomic E-state index is -4.54. The monoisotopic (exact) mass is 356 g/mol. The highest BCUT2D eigenvalue weighted by Gasteiger charge is 2.31. The van der Waals surface area contributed by atoms with E-state index in [4.69, 9.17) is 11.6 Å². The Morgan fingerprint density at radius 3 is 2.75 bits per heavy atom. The number of alkyl halides is 3. The summed E-state index contributed by atoms with van der Waals surface area (Å²) in [6, 6.07) is 3.99. The van der Waals surface area contributed by atoms with Gasteiger partial charge in [0.2, 0.25) is 5.95 Å². The smallest absolute Gasteiger partial charge is 0.351 e. The number of aromatic nitrogens is 2. The first kappa shape index (κ1) is 17.7. The topological polar surface area (TPSA) is 66.9 Å². The molecule has 0 fully saturated rings. The molecule has 0 radical (unpaired) electrons. The third-order valence-corrected chi connectivity index (χ3v) is 3.16. The number of benzene rings is 1. The summed E-state index contributed by atoms with van der Waals surface area (Å²) in [5.41, 5.74) is -1.10. The summed E-state index contributed by atoms with van der Waals surface area (Å²) in [4.78, 5) is 20.0. The lowest BCUT2D eigenvalue weighted by Crippen LogP contribution is -2.16. The number of hydrogen-bond acceptors (Lipinski definition) is 4. The van der Waals surface area contributed by atoms with Crippen LogP contribution in [0.1, 0.15) is 16.1 Å². The molecule has 0 bridgehead atoms. The van der Waals surface area contributed by atoms with Crippen molar-refractivity contribution in [3.05, 3.63) is 59.4 Å². The minimum absolute atomic E-state index is 0.0181. The fraction of sp³-hybridized carbons (Fsp3) is 0.133. The van der Waals surface area contributed by atoms with E-state index in [2.05, 4.69) is 27.2 Å². The zero-order chi connectivity index (χ0) is 17.7. The largest absolute Gasteiger partial charge is 0.416 e. The predicted molar refractivity (Wildman–Crippen MR) is 85.1 cm³/mol. The van der Waals surface area contributed by atoms with Crippen LogP contribution < -0.4 is 10.6 Å². The fourth-order valence-corrected chi connectivity index (χ4v) is 1.88. The SMILES string of the molecule is C=CCNc1nccc(C(=O)Nc2cc(C(F)(F)F)ccc2Cl)n1. The molecule has 2 N–H and O–H groups in total. The van der Waals surface area contributed by atoms with Gasteiger partial charge >= 0.3 is 6.18 Å². The van der Waals surface area contributed by atoms with Gasteiger partial charge in [-0.1, -0.05) is 17.7 Å². The van der Waals surface area contributed by atoms with Crippen molar-refractivity contribution >= 4 is 29.1 Å². The lowest BCUT2D eigenvalue weighted by molar-refractivity contribution is -0.137. The highest BCUT2D eigenvalue weighted by Crippen LogP contribution is 2.33. The van der Waals surface area contributed by atoms with Crippen LogP contribution in [0.5, 0.6) is 0 Å². The van der Waals surface area contributed by atoms with E-state index < -0.39 is 17.6 Å². The molecule has 2 rings (SSSR count). The van der Waals surface area contributed by atoms with Crippen molar-refractivity contribution in [2.45, 2.75) is 6.18 Å². The average Bonchev–Trinajstić information content (AvgIpc) is 2.54. The van der Waals surface area contributed by atoms with Crippen LogP contribution in [0.25, 0.3) is 0 Å². The molecule has 1 aromatic heterocycles. The van der Waals surface area contributed by atoms with E-state index in [-0.39, 0.29) is 22.4 Å². The molecule has 1 aromatic carbocycles. The van der Waals surface area contributed by atoms with Gasteiger partial charge in [-0.3, -0.25) is 4.79 Å². The molecule has 9 heteroatoms. The van der Waals surface area contributed by atoms with Crippen LogP contribution in [0.2, 0.25) is 5.02 Å². The predicted octanol–water partition coefficient (Wildman–Crippen LogP) is 4.00. The van der Waals surface area contributed by atoms with E-state index in [0.717, 1.165) is 18.2 Å². The molecule has 0 saturated heterocycles. The van der Waals surface area contributed by atoms with Gasteiger partial charge in [-0.15, -0.1) is 6.58 Å². The average molecular weight is 357 g/mol. The zero-order valence-electron chi connectivity index (χ0n) is 12.2. The molecule has 1 heterocycles. The van der Waals surface area contributed by atoms with E-state index in [9.17, 15) is 18.0 Å². The van der Waals surface area contributed by atoms with E-state index in [1.807, 2.05) is 0 Å². The van der Waals surface area contributed by atoms with Crippen LogP contribution in [0, 0.1) is 0 Å². The van der Waals surface area contributed by atoms with E-state index in [1.165, 1.54) is 12.3 Å². The van der Waals surface area contributed by atoms with Crippen LogP contribution in [0.3, 0.4) is 0 Å². The second-order valence-electron chi connectivity index (χ2n) is 4.58. The number of carbonyl (C=O) groups excluding carboxylic acids is 1. The summed E-state index contributed by atoms with van der Waals surface area (Å²) in [5, 5.41) is 5.09. The first-order valence-electron chi connectivity index (χ1n) is 6.67. The van der Waals surface area contributed by atoms with Crippen LogP contribution in [0.4, 0.5) is 24.8 Å². The molecule has 5 nitrogen and oxygen atoms in total. The Kier molecular flexibility index (Phi) is 5.40. The van der Waals surface area contributed by atoms with Crippen molar-refractivity contribution < 1.29 is 18.0 Å². The molecule has 0 aliphatic heterocycles. The van der Waals surface area contributed by atoms with Crippen molar-refractivity contribution in [1.29, 1.82) is 0 Å². The van der Waals surface area contributed by atoms with Gasteiger partial charge in [0.05, 0.1) is 16.3 Å². The van der Waals surface area contributed by atoms with Gasteiger partial charge in [0.25, 0.3) is 5.91 Å². The van der Waals surface area contributed by atoms with Crippen LogP contribution >= 0.6 is 11.6 Å². The molecule has 2 aromatic rings. The maximum Gasteiger partial charge on any atom is 0.416 e. The number of halogens is 4. The standard InChI is InChI=1S/C15H12ClF3N4O/c1-2-6-20-14-21-7-5-11(23-14)13(24)22-12-8-9(15(17,18)19)3-4-10(12)16/h2-5,7-8H,1,6H2,(H,22,24)(H,20,21,23). The number of carbonyl (C=O) groups is 1. The van der Waals surface area contributed by atoms with E-state index in [1.54, 1.807) is 6.08 Å². The zero-order valence-corrected chi connectivity index (χ0v) is 12.9. The molecule has 24 heavy (non-hydrogen) atoms. The second kappa shape index (κ2) is 7.31. The third kappa shape index (κ3) is 4.45. The lowest BCUT2D eigenvalue weighted by Gasteiger charge is -2.11. The normalized spacial score (nSPS) is 11.0. The molecular weight excluding hydrogens is 345 g/mol. The molecule has 0 saturated carbocycles. The number of nitrogens with one attached hydrogen (secondary N) is 2. The van der Waals surface area contributed by atoms with Gasteiger partial charge < -0.3 is 10.6 Å². The summed E-state index contributed by atoms with van der Waals surface area (Å²) in [6.45, 7) is 3.92. The molecule has 0 aliphatic rings. The molecule has 0 spiro atoms. The van der Waals surface area contributed by atoms with Gasteiger partial charge in [0.1, 0.15) is 5.69 Å². The van der Waals surface area contributed by atoms with Crippen LogP contribution in [0.15, 0.2) is 43.1 Å². The first-order valence-corrected chi connectivity index (χ1v) is 7.05. The molecule has 0 atom stereocenters. The van der Waals surface area contributed by atoms with E-state index in [0.29, 0.717) is 6.54 Å². The fourth-order valence-electron chi connectivity index (χ4n) is 1.72. The number of anilines is 2. The summed E-state index contributed by atoms with van der Waals surface area (Å²) < 4.78 is 38.2. The van der Waals surface area contributed by atoms with Gasteiger partial charge in [-0.25, -0.2) is 9.97 Å². The van der Waals surface area contributed by atoms with Gasteiger partial charge in [0, 0.05) is 12.7 Å². The Bertz CT molecular complexity index is 765. The Labute approximate surface area is 140 Å². The summed E-state index contributed by atoms with van der Waals surface area (Å²) >= 11 is 5.84. The van der Waals surface area contributed by atoms with Gasteiger partial charge in [-0.05, 0) is 24.3 Å².